The fourth-order valence-electron chi connectivity index (χ4n) is 7.17. The Balaban J connectivity index is 1.36. The van der Waals surface area contributed by atoms with Crippen molar-refractivity contribution >= 4 is 39.9 Å². The molecule has 0 bridgehead atoms. The van der Waals surface area contributed by atoms with E-state index < -0.39 is 0 Å². The van der Waals surface area contributed by atoms with E-state index in [0.717, 1.165) is 24.0 Å². The molecule has 56 heavy (non-hydrogen) atoms. The van der Waals surface area contributed by atoms with Crippen molar-refractivity contribution in [3.63, 3.8) is 0 Å². The lowest BCUT2D eigenvalue weighted by Gasteiger charge is -2.27. The van der Waals surface area contributed by atoms with E-state index in [2.05, 4.69) is 128 Å². The maximum atomic E-state index is 13.7. The Morgan fingerprint density at radius 2 is 1.18 bits per heavy atom. The van der Waals surface area contributed by atoms with Crippen LogP contribution in [0.4, 0.5) is 0 Å². The Bertz CT molecular complexity index is 1950. The Kier molecular flexibility index (Phi) is 15.8. The number of benzene rings is 2. The lowest BCUT2D eigenvalue weighted by atomic mass is 9.84. The van der Waals surface area contributed by atoms with Gasteiger partial charge in [-0.1, -0.05) is 168 Å². The molecule has 0 atom stereocenters. The summed E-state index contributed by atoms with van der Waals surface area (Å²) in [7, 11) is 0. The highest BCUT2D eigenvalue weighted by atomic mass is 32.2. The molecule has 2 aliphatic rings. The normalized spacial score (nSPS) is 16.4. The Labute approximate surface area is 348 Å². The van der Waals surface area contributed by atoms with Gasteiger partial charge in [0.05, 0.1) is 11.1 Å². The summed E-state index contributed by atoms with van der Waals surface area (Å²) in [6, 6.07) is 22.4. The van der Waals surface area contributed by atoms with E-state index in [9.17, 15) is 9.90 Å². The molecule has 0 saturated carbocycles. The second-order valence-electron chi connectivity index (χ2n) is 18.0. The van der Waals surface area contributed by atoms with Gasteiger partial charge in [-0.05, 0) is 100 Å². The average molecular weight is 788 g/mol. The molecule has 0 amide bonds. The summed E-state index contributed by atoms with van der Waals surface area (Å²) >= 11 is 3.61. The molecule has 2 heterocycles. The molecule has 1 aromatic heterocycles. The fraction of sp³-hybridized carbons (Fsp3) is 0.462. The van der Waals surface area contributed by atoms with E-state index in [-0.39, 0.29) is 22.4 Å². The summed E-state index contributed by atoms with van der Waals surface area (Å²) in [6.45, 7) is 17.9. The van der Waals surface area contributed by atoms with Crippen LogP contribution >= 0.6 is 23.1 Å². The summed E-state index contributed by atoms with van der Waals surface area (Å²) < 4.78 is 0. The highest BCUT2D eigenvalue weighted by Crippen LogP contribution is 2.47. The zero-order valence-corrected chi connectivity index (χ0v) is 37.3. The standard InChI is InChI=1S/C52H66O2S2/c1-9-11-13-15-17-19-21-37-23-27-41(28-24-37)45-33-39(35-47(55-45)51(3,4)5)31-43-49(53)44(50(43)54)32-40-34-46(56-48(36-40)52(6,7)8)42-29-25-38(26-30-42)22-20-18-16-14-12-10-2/h23-36H,9-22H2,1-8H3/p+1. The quantitative estimate of drug-likeness (QED) is 0.0792. The number of allylic oxidation sites excluding steroid dienone is 7. The van der Waals surface area contributed by atoms with Crippen LogP contribution < -0.4 is 0 Å². The van der Waals surface area contributed by atoms with Gasteiger partial charge in [0, 0.05) is 28.0 Å². The molecular weight excluding hydrogens is 721 g/mol. The molecule has 0 unspecified atom stereocenters. The maximum Gasteiger partial charge on any atom is 0.238 e. The Hall–Kier alpha value is -3.47. The van der Waals surface area contributed by atoms with E-state index >= 15 is 0 Å². The lowest BCUT2D eigenvalue weighted by Crippen LogP contribution is -2.21. The van der Waals surface area contributed by atoms with Crippen molar-refractivity contribution in [3.8, 4) is 10.4 Å². The zero-order chi connectivity index (χ0) is 40.3. The predicted molar refractivity (Wildman–Crippen MR) is 247 cm³/mol. The van der Waals surface area contributed by atoms with Crippen LogP contribution in [0.15, 0.2) is 106 Å². The number of aryl methyl sites for hydroxylation is 2. The van der Waals surface area contributed by atoms with E-state index in [4.69, 9.17) is 0 Å². The summed E-state index contributed by atoms with van der Waals surface area (Å²) in [5.41, 5.74) is 7.66. The number of rotatable bonds is 18. The first kappa shape index (κ1) is 43.6. The second-order valence-corrected chi connectivity index (χ2v) is 20.1. The topological polar surface area (TPSA) is 37.3 Å². The molecule has 1 aliphatic carbocycles. The number of thioether (sulfide) groups is 1. The molecule has 1 N–H and O–H groups in total. The van der Waals surface area contributed by atoms with Gasteiger partial charge in [0.2, 0.25) is 26.9 Å². The molecule has 5 rings (SSSR count). The van der Waals surface area contributed by atoms with Crippen molar-refractivity contribution in [2.45, 2.75) is 151 Å². The molecule has 0 fully saturated rings. The zero-order valence-electron chi connectivity index (χ0n) is 35.7. The minimum atomic E-state index is -0.113. The molecule has 2 nitrogen and oxygen atoms in total. The smallest absolute Gasteiger partial charge is 0.238 e. The number of carbonyl (C=O) groups is 1. The van der Waals surface area contributed by atoms with Gasteiger partial charge in [0.15, 0.2) is 0 Å². The third-order valence-electron chi connectivity index (χ3n) is 10.8. The van der Waals surface area contributed by atoms with Crippen LogP contribution in [0, 0.1) is 5.41 Å². The van der Waals surface area contributed by atoms with E-state index in [1.165, 1.54) is 119 Å². The fourth-order valence-corrected chi connectivity index (χ4v) is 9.54. The van der Waals surface area contributed by atoms with Crippen molar-refractivity contribution in [2.75, 3.05) is 0 Å². The van der Waals surface area contributed by atoms with Crippen LogP contribution in [0.2, 0.25) is 0 Å². The van der Waals surface area contributed by atoms with Gasteiger partial charge < -0.3 is 5.11 Å². The number of aliphatic hydroxyl groups is 1. The summed E-state index contributed by atoms with van der Waals surface area (Å²) in [5, 5.41) is 11.4. The SMILES string of the molecule is CCCCCCCCc1ccc(C2=C/C(=C/C3=C(O)C(=Cc4cc(-c5ccc(CCCCCCCC)cc5)[s+]c(C(C)(C)C)c4)C3=O)C=C(C(C)(C)C)S2)cc1. The molecule has 2 aromatic carbocycles. The Morgan fingerprint density at radius 1 is 0.643 bits per heavy atom. The first-order valence-corrected chi connectivity index (χ1v) is 23.1. The van der Waals surface area contributed by atoms with E-state index in [1.807, 2.05) is 12.2 Å². The van der Waals surface area contributed by atoms with Gasteiger partial charge in [0.25, 0.3) is 0 Å². The Morgan fingerprint density at radius 3 is 1.70 bits per heavy atom. The van der Waals surface area contributed by atoms with Gasteiger partial charge in [0.1, 0.15) is 5.76 Å². The number of carbonyl (C=O) groups excluding carboxylic acids is 1. The molecule has 1 aliphatic heterocycles. The third-order valence-corrected chi connectivity index (χ3v) is 13.9. The van der Waals surface area contributed by atoms with Gasteiger partial charge >= 0.3 is 0 Å². The molecular formula is C52H67O2S2+. The number of ketones is 1. The number of hydrogen-bond acceptors (Lipinski definition) is 3. The van der Waals surface area contributed by atoms with Gasteiger partial charge in [-0.25, -0.2) is 0 Å². The van der Waals surface area contributed by atoms with E-state index in [0.29, 0.717) is 11.1 Å². The molecule has 0 radical (unpaired) electrons. The van der Waals surface area contributed by atoms with Crippen molar-refractivity contribution in [2.24, 2.45) is 5.41 Å². The second kappa shape index (κ2) is 20.3. The van der Waals surface area contributed by atoms with Crippen molar-refractivity contribution in [1.29, 1.82) is 0 Å². The van der Waals surface area contributed by atoms with Crippen LogP contribution in [0.25, 0.3) is 21.4 Å². The maximum absolute atomic E-state index is 13.7. The summed E-state index contributed by atoms with van der Waals surface area (Å²) in [5.74, 6) is -0.0378. The van der Waals surface area contributed by atoms with Crippen molar-refractivity contribution < 1.29 is 9.90 Å². The largest absolute Gasteiger partial charge is 0.506 e. The van der Waals surface area contributed by atoms with Crippen LogP contribution in [-0.2, 0) is 23.1 Å². The molecule has 0 saturated heterocycles. The lowest BCUT2D eigenvalue weighted by molar-refractivity contribution is -0.113. The van der Waals surface area contributed by atoms with Gasteiger partial charge in [-0.2, -0.15) is 0 Å². The summed E-state index contributed by atoms with van der Waals surface area (Å²) in [6.07, 6.45) is 26.0. The highest BCUT2D eigenvalue weighted by Gasteiger charge is 2.34. The molecule has 298 valence electrons. The molecule has 3 aromatic rings. The first-order chi connectivity index (χ1) is 26.8. The first-order valence-electron chi connectivity index (χ1n) is 21.5. The van der Waals surface area contributed by atoms with Crippen LogP contribution in [0.1, 0.15) is 160 Å². The average Bonchev–Trinajstić information content (AvgIpc) is 3.18. The van der Waals surface area contributed by atoms with Crippen LogP contribution in [0.5, 0.6) is 0 Å². The van der Waals surface area contributed by atoms with Crippen LogP contribution in [0.3, 0.4) is 0 Å². The number of unbranched alkanes of at least 4 members (excludes halogenated alkanes) is 10. The predicted octanol–water partition coefficient (Wildman–Crippen LogP) is 16.2. The monoisotopic (exact) mass is 787 g/mol. The highest BCUT2D eigenvalue weighted by molar-refractivity contribution is 8.11. The minimum absolute atomic E-state index is 0.0585. The van der Waals surface area contributed by atoms with Crippen molar-refractivity contribution in [1.82, 2.24) is 0 Å². The summed E-state index contributed by atoms with van der Waals surface area (Å²) in [4.78, 5) is 18.5. The number of Topliss-reactive ketones (excluding diaryl/α,β-unsaturated/α-hetero) is 1. The number of aliphatic hydroxyl groups excluding tert-OH is 1. The third kappa shape index (κ3) is 12.3. The van der Waals surface area contributed by atoms with Gasteiger partial charge in [-0.3, -0.25) is 4.79 Å². The van der Waals surface area contributed by atoms with Gasteiger partial charge in [-0.15, -0.1) is 0 Å². The van der Waals surface area contributed by atoms with Crippen molar-refractivity contribution in [3.05, 3.63) is 133 Å². The van der Waals surface area contributed by atoms with E-state index in [1.54, 1.807) is 23.1 Å². The molecule has 0 spiro atoms. The minimum Gasteiger partial charge on any atom is -0.506 e. The van der Waals surface area contributed by atoms with Crippen LogP contribution in [-0.4, -0.2) is 10.9 Å². The number of hydrogen-bond donors (Lipinski definition) is 1. The molecule has 4 heteroatoms.